The van der Waals surface area contributed by atoms with E-state index in [1.807, 2.05) is 24.3 Å². The maximum atomic E-state index is 5.45. The first-order valence-electron chi connectivity index (χ1n) is 4.43. The molecule has 0 unspecified atom stereocenters. The summed E-state index contributed by atoms with van der Waals surface area (Å²) in [6, 6.07) is 7.59. The third-order valence-corrected chi connectivity index (χ3v) is 1.72. The fourth-order valence-corrected chi connectivity index (χ4v) is 0.964. The van der Waals surface area contributed by atoms with Crippen LogP contribution in [0.5, 0.6) is 11.5 Å². The molecule has 0 heterocycles. The quantitative estimate of drug-likeness (QED) is 0.647. The van der Waals surface area contributed by atoms with Gasteiger partial charge in [-0.15, -0.1) is 0 Å². The Labute approximate surface area is 79.5 Å². The van der Waals surface area contributed by atoms with E-state index in [9.17, 15) is 0 Å². The average Bonchev–Trinajstić information content (AvgIpc) is 2.19. The Morgan fingerprint density at radius 2 is 1.77 bits per heavy atom. The van der Waals surface area contributed by atoms with Gasteiger partial charge in [0.25, 0.3) is 0 Å². The van der Waals surface area contributed by atoms with E-state index in [1.165, 1.54) is 0 Å². The van der Waals surface area contributed by atoms with Gasteiger partial charge in [-0.25, -0.2) is 0 Å². The zero-order chi connectivity index (χ0) is 9.52. The predicted octanol–water partition coefficient (Wildman–Crippen LogP) is 2.69. The Balaban J connectivity index is 2.40. The van der Waals surface area contributed by atoms with Gasteiger partial charge < -0.3 is 9.47 Å². The van der Waals surface area contributed by atoms with Gasteiger partial charge in [-0.2, -0.15) is 0 Å². The summed E-state index contributed by atoms with van der Waals surface area (Å²) in [6.07, 6.45) is 1.90. The summed E-state index contributed by atoms with van der Waals surface area (Å²) < 4.78 is 10.5. The van der Waals surface area contributed by atoms with Gasteiger partial charge in [-0.1, -0.05) is 13.3 Å². The zero-order valence-corrected chi connectivity index (χ0v) is 7.95. The molecule has 1 radical (unpaired) electrons. The van der Waals surface area contributed by atoms with Gasteiger partial charge in [0.1, 0.15) is 11.5 Å². The second kappa shape index (κ2) is 5.46. The molecule has 0 fully saturated rings. The number of methoxy groups -OCH3 is 1. The SMILES string of the molecule is [CH2]CCCOc1ccc(OC)cc1. The van der Waals surface area contributed by atoms with Crippen molar-refractivity contribution in [2.75, 3.05) is 13.7 Å². The lowest BCUT2D eigenvalue weighted by Gasteiger charge is -2.05. The van der Waals surface area contributed by atoms with Crippen LogP contribution in [0.3, 0.4) is 0 Å². The number of benzene rings is 1. The first-order valence-corrected chi connectivity index (χ1v) is 4.43. The molecule has 1 rings (SSSR count). The van der Waals surface area contributed by atoms with E-state index >= 15 is 0 Å². The fraction of sp³-hybridized carbons (Fsp3) is 0.364. The van der Waals surface area contributed by atoms with E-state index in [0.29, 0.717) is 0 Å². The molecule has 1 aromatic carbocycles. The molecule has 2 heteroatoms. The number of unbranched alkanes of at least 4 members (excludes halogenated alkanes) is 1. The molecule has 0 bridgehead atoms. The average molecular weight is 179 g/mol. The molecular formula is C11H15O2. The van der Waals surface area contributed by atoms with Crippen LogP contribution in [0.15, 0.2) is 24.3 Å². The van der Waals surface area contributed by atoms with Gasteiger partial charge in [0.2, 0.25) is 0 Å². The van der Waals surface area contributed by atoms with Crippen LogP contribution in [0.25, 0.3) is 0 Å². The molecule has 0 amide bonds. The van der Waals surface area contributed by atoms with E-state index in [4.69, 9.17) is 9.47 Å². The van der Waals surface area contributed by atoms with Crippen LogP contribution in [-0.2, 0) is 0 Å². The van der Waals surface area contributed by atoms with E-state index in [-0.39, 0.29) is 0 Å². The lowest BCUT2D eigenvalue weighted by atomic mass is 10.3. The highest BCUT2D eigenvalue weighted by atomic mass is 16.5. The second-order valence-corrected chi connectivity index (χ2v) is 2.73. The van der Waals surface area contributed by atoms with Gasteiger partial charge in [0.05, 0.1) is 13.7 Å². The molecule has 0 spiro atoms. The molecule has 0 aliphatic rings. The van der Waals surface area contributed by atoms with Crippen LogP contribution in [0.2, 0.25) is 0 Å². The molecule has 0 saturated carbocycles. The third kappa shape index (κ3) is 3.36. The first kappa shape index (κ1) is 9.90. The Morgan fingerprint density at radius 1 is 1.15 bits per heavy atom. The van der Waals surface area contributed by atoms with Crippen molar-refractivity contribution in [2.45, 2.75) is 12.8 Å². The highest BCUT2D eigenvalue weighted by Gasteiger charge is 1.93. The van der Waals surface area contributed by atoms with Gasteiger partial charge in [-0.05, 0) is 30.7 Å². The van der Waals surface area contributed by atoms with Crippen molar-refractivity contribution < 1.29 is 9.47 Å². The number of hydrogen-bond donors (Lipinski definition) is 0. The summed E-state index contributed by atoms with van der Waals surface area (Å²) >= 11 is 0. The molecule has 0 aromatic heterocycles. The third-order valence-electron chi connectivity index (χ3n) is 1.72. The van der Waals surface area contributed by atoms with E-state index in [0.717, 1.165) is 30.9 Å². The lowest BCUT2D eigenvalue weighted by molar-refractivity contribution is 0.311. The summed E-state index contributed by atoms with van der Waals surface area (Å²) in [5.41, 5.74) is 0. The normalized spacial score (nSPS) is 9.69. The minimum absolute atomic E-state index is 0.732. The predicted molar refractivity (Wildman–Crippen MR) is 53.1 cm³/mol. The van der Waals surface area contributed by atoms with Crippen molar-refractivity contribution in [2.24, 2.45) is 0 Å². The summed E-state index contributed by atoms with van der Waals surface area (Å²) in [4.78, 5) is 0. The molecule has 71 valence electrons. The highest BCUT2D eigenvalue weighted by Crippen LogP contribution is 2.16. The van der Waals surface area contributed by atoms with Gasteiger partial charge in [-0.3, -0.25) is 0 Å². The topological polar surface area (TPSA) is 18.5 Å². The first-order chi connectivity index (χ1) is 6.36. The minimum Gasteiger partial charge on any atom is -0.497 e. The second-order valence-electron chi connectivity index (χ2n) is 2.73. The van der Waals surface area contributed by atoms with Gasteiger partial charge in [0.15, 0.2) is 0 Å². The largest absolute Gasteiger partial charge is 0.497 e. The van der Waals surface area contributed by atoms with Crippen LogP contribution in [0.4, 0.5) is 0 Å². The Morgan fingerprint density at radius 3 is 2.31 bits per heavy atom. The molecule has 0 atom stereocenters. The Kier molecular flexibility index (Phi) is 4.16. The van der Waals surface area contributed by atoms with Gasteiger partial charge >= 0.3 is 0 Å². The number of hydrogen-bond acceptors (Lipinski definition) is 2. The van der Waals surface area contributed by atoms with Crippen LogP contribution in [0, 0.1) is 6.92 Å². The molecule has 0 aliphatic carbocycles. The van der Waals surface area contributed by atoms with Gasteiger partial charge in [0, 0.05) is 0 Å². The molecular weight excluding hydrogens is 164 g/mol. The molecule has 0 saturated heterocycles. The van der Waals surface area contributed by atoms with Crippen molar-refractivity contribution in [1.29, 1.82) is 0 Å². The van der Waals surface area contributed by atoms with Crippen molar-refractivity contribution >= 4 is 0 Å². The Bertz CT molecular complexity index is 228. The van der Waals surface area contributed by atoms with Crippen LogP contribution >= 0.6 is 0 Å². The van der Waals surface area contributed by atoms with E-state index in [2.05, 4.69) is 6.92 Å². The monoisotopic (exact) mass is 179 g/mol. The standard InChI is InChI=1S/C11H15O2/c1-3-4-9-13-11-7-5-10(12-2)6-8-11/h5-8H,1,3-4,9H2,2H3. The van der Waals surface area contributed by atoms with Crippen molar-refractivity contribution in [1.82, 2.24) is 0 Å². The maximum Gasteiger partial charge on any atom is 0.119 e. The zero-order valence-electron chi connectivity index (χ0n) is 7.95. The smallest absolute Gasteiger partial charge is 0.119 e. The molecule has 1 aromatic rings. The summed E-state index contributed by atoms with van der Waals surface area (Å²) in [6.45, 7) is 4.48. The molecule has 13 heavy (non-hydrogen) atoms. The van der Waals surface area contributed by atoms with Crippen molar-refractivity contribution in [3.8, 4) is 11.5 Å². The summed E-state index contributed by atoms with van der Waals surface area (Å²) in [5.74, 6) is 1.73. The molecule has 0 N–H and O–H groups in total. The minimum atomic E-state index is 0.732. The van der Waals surface area contributed by atoms with Crippen LogP contribution in [0.1, 0.15) is 12.8 Å². The highest BCUT2D eigenvalue weighted by molar-refractivity contribution is 5.30. The van der Waals surface area contributed by atoms with Crippen LogP contribution < -0.4 is 9.47 Å². The van der Waals surface area contributed by atoms with Crippen molar-refractivity contribution in [3.05, 3.63) is 31.2 Å². The number of ether oxygens (including phenoxy) is 2. The summed E-state index contributed by atoms with van der Waals surface area (Å²) in [7, 11) is 1.65. The molecule has 0 aliphatic heterocycles. The Hall–Kier alpha value is -1.18. The van der Waals surface area contributed by atoms with E-state index in [1.54, 1.807) is 7.11 Å². The maximum absolute atomic E-state index is 5.45. The molecule has 2 nitrogen and oxygen atoms in total. The lowest BCUT2D eigenvalue weighted by Crippen LogP contribution is -1.96. The summed E-state index contributed by atoms with van der Waals surface area (Å²) in [5, 5.41) is 0. The van der Waals surface area contributed by atoms with Crippen LogP contribution in [-0.4, -0.2) is 13.7 Å². The van der Waals surface area contributed by atoms with E-state index < -0.39 is 0 Å². The number of rotatable bonds is 5. The fourth-order valence-electron chi connectivity index (χ4n) is 0.964. The van der Waals surface area contributed by atoms with Crippen molar-refractivity contribution in [3.63, 3.8) is 0 Å².